The molecule has 0 rings (SSSR count). The van der Waals surface area contributed by atoms with Gasteiger partial charge in [0.2, 0.25) is 6.10 Å². The Bertz CT molecular complexity index is 373. The van der Waals surface area contributed by atoms with Crippen LogP contribution in [0.25, 0.3) is 0 Å². The normalized spacial score (nSPS) is 14.8. The molecule has 0 aromatic rings. The average molecular weight is 285 g/mol. The van der Waals surface area contributed by atoms with Gasteiger partial charge in [-0.3, -0.25) is 4.79 Å². The van der Waals surface area contributed by atoms with Gasteiger partial charge in [0.05, 0.1) is 14.1 Å². The van der Waals surface area contributed by atoms with Crippen LogP contribution >= 0.6 is 0 Å². The third kappa shape index (κ3) is 5.99. The topological polar surface area (TPSA) is 98.4 Å². The van der Waals surface area contributed by atoms with Crippen molar-refractivity contribution in [1.29, 1.82) is 5.26 Å². The molecule has 0 saturated heterocycles. The van der Waals surface area contributed by atoms with Crippen LogP contribution in [0.4, 0.5) is 0 Å². The van der Waals surface area contributed by atoms with Crippen LogP contribution in [0.2, 0.25) is 24.7 Å². The maximum Gasteiger partial charge on any atom is 0.340 e. The lowest BCUT2D eigenvalue weighted by Crippen LogP contribution is -2.38. The first-order valence-corrected chi connectivity index (χ1v) is 9.70. The predicted octanol–water partition coefficient (Wildman–Crippen LogP) is 2.04. The quantitative estimate of drug-likeness (QED) is 0.525. The second-order valence-electron chi connectivity index (χ2n) is 6.06. The SMILES string of the molecule is CC(C)C[Si](C)(C)[C@H](CC#N)CC(=O)C(O)C(=O)O. The minimum absolute atomic E-state index is 0.0209. The fourth-order valence-corrected chi connectivity index (χ4v) is 6.28. The number of nitrogens with zero attached hydrogens (tertiary/aromatic N) is 1. The number of aliphatic hydroxyl groups is 1. The second-order valence-corrected chi connectivity index (χ2v) is 11.3. The Morgan fingerprint density at radius 2 is 1.84 bits per heavy atom. The molecule has 0 amide bonds. The monoisotopic (exact) mass is 285 g/mol. The number of aliphatic carboxylic acids is 1. The fraction of sp³-hybridized carbons (Fsp3) is 0.769. The van der Waals surface area contributed by atoms with E-state index in [1.165, 1.54) is 0 Å². The highest BCUT2D eigenvalue weighted by atomic mass is 28.3. The number of Topliss-reactive ketones (excluding diaryl/α,β-unsaturated/α-hetero) is 1. The van der Waals surface area contributed by atoms with Crippen molar-refractivity contribution in [2.75, 3.05) is 0 Å². The molecule has 1 unspecified atom stereocenters. The van der Waals surface area contributed by atoms with Gasteiger partial charge in [-0.25, -0.2) is 4.79 Å². The summed E-state index contributed by atoms with van der Waals surface area (Å²) in [5.74, 6) is -1.75. The largest absolute Gasteiger partial charge is 0.479 e. The van der Waals surface area contributed by atoms with Crippen LogP contribution in [-0.2, 0) is 9.59 Å². The summed E-state index contributed by atoms with van der Waals surface area (Å²) in [7, 11) is -1.81. The van der Waals surface area contributed by atoms with Crippen LogP contribution < -0.4 is 0 Å². The molecule has 2 N–H and O–H groups in total. The van der Waals surface area contributed by atoms with E-state index in [4.69, 9.17) is 10.4 Å². The van der Waals surface area contributed by atoms with E-state index in [0.717, 1.165) is 6.04 Å². The smallest absolute Gasteiger partial charge is 0.340 e. The van der Waals surface area contributed by atoms with Crippen molar-refractivity contribution in [2.24, 2.45) is 5.92 Å². The highest BCUT2D eigenvalue weighted by Crippen LogP contribution is 2.34. The van der Waals surface area contributed by atoms with Crippen molar-refractivity contribution in [3.8, 4) is 6.07 Å². The molecule has 0 bridgehead atoms. The van der Waals surface area contributed by atoms with Crippen LogP contribution in [0.5, 0.6) is 0 Å². The maximum absolute atomic E-state index is 11.7. The fourth-order valence-electron chi connectivity index (χ4n) is 2.45. The molecule has 0 aliphatic rings. The van der Waals surface area contributed by atoms with E-state index in [1.54, 1.807) is 0 Å². The highest BCUT2D eigenvalue weighted by Gasteiger charge is 2.36. The summed E-state index contributed by atoms with van der Waals surface area (Å²) in [6, 6.07) is 3.04. The number of carbonyl (C=O) groups excluding carboxylic acids is 1. The van der Waals surface area contributed by atoms with Gasteiger partial charge in [-0.15, -0.1) is 0 Å². The zero-order valence-electron chi connectivity index (χ0n) is 12.0. The molecule has 6 heteroatoms. The minimum Gasteiger partial charge on any atom is -0.479 e. The van der Waals surface area contributed by atoms with E-state index >= 15 is 0 Å². The van der Waals surface area contributed by atoms with Crippen molar-refractivity contribution >= 4 is 19.8 Å². The lowest BCUT2D eigenvalue weighted by Gasteiger charge is -2.32. The lowest BCUT2D eigenvalue weighted by atomic mass is 10.1. The number of carboxylic acids is 1. The molecule has 0 saturated carbocycles. The van der Waals surface area contributed by atoms with Crippen LogP contribution in [0.15, 0.2) is 0 Å². The summed E-state index contributed by atoms with van der Waals surface area (Å²) in [6.45, 7) is 8.39. The number of aliphatic hydroxyl groups excluding tert-OH is 1. The Morgan fingerprint density at radius 1 is 1.32 bits per heavy atom. The molecule has 108 valence electrons. The second kappa shape index (κ2) is 7.41. The Balaban J connectivity index is 4.88. The number of hydrogen-bond acceptors (Lipinski definition) is 4. The molecule has 5 nitrogen and oxygen atoms in total. The molecule has 0 aromatic heterocycles. The Morgan fingerprint density at radius 3 is 2.21 bits per heavy atom. The average Bonchev–Trinajstić information content (AvgIpc) is 2.25. The van der Waals surface area contributed by atoms with Crippen LogP contribution in [0.1, 0.15) is 26.7 Å². The van der Waals surface area contributed by atoms with E-state index in [0.29, 0.717) is 5.92 Å². The van der Waals surface area contributed by atoms with Gasteiger partial charge in [0.25, 0.3) is 0 Å². The Kier molecular flexibility index (Phi) is 6.94. The van der Waals surface area contributed by atoms with Crippen LogP contribution in [-0.4, -0.2) is 36.1 Å². The van der Waals surface area contributed by atoms with E-state index in [2.05, 4.69) is 33.0 Å². The number of carboxylic acid groups (broad SMARTS) is 1. The minimum atomic E-state index is -1.97. The molecule has 19 heavy (non-hydrogen) atoms. The van der Waals surface area contributed by atoms with E-state index < -0.39 is 25.9 Å². The third-order valence-electron chi connectivity index (χ3n) is 3.36. The molecule has 0 radical (unpaired) electrons. The summed E-state index contributed by atoms with van der Waals surface area (Å²) in [5, 5.41) is 26.7. The first-order chi connectivity index (χ1) is 8.61. The number of carbonyl (C=O) groups is 2. The molecule has 0 spiro atoms. The summed E-state index contributed by atoms with van der Waals surface area (Å²) >= 11 is 0. The van der Waals surface area contributed by atoms with Gasteiger partial charge >= 0.3 is 5.97 Å². The van der Waals surface area contributed by atoms with Gasteiger partial charge in [0, 0.05) is 12.8 Å². The van der Waals surface area contributed by atoms with Crippen molar-refractivity contribution < 1.29 is 19.8 Å². The van der Waals surface area contributed by atoms with Gasteiger partial charge in [-0.2, -0.15) is 5.26 Å². The molecule has 0 aliphatic carbocycles. The van der Waals surface area contributed by atoms with Gasteiger partial charge in [0.15, 0.2) is 5.78 Å². The van der Waals surface area contributed by atoms with E-state index in [1.807, 2.05) is 0 Å². The molecule has 0 fully saturated rings. The highest BCUT2D eigenvalue weighted by molar-refractivity contribution is 6.79. The standard InChI is InChI=1S/C13H23NO4Si/c1-9(2)8-19(3,4)10(5-6-14)7-11(15)12(16)13(17)18/h9-10,12,16H,5,7-8H2,1-4H3,(H,17,18)/t10-,12?/m1/s1. The van der Waals surface area contributed by atoms with Crippen molar-refractivity contribution in [3.63, 3.8) is 0 Å². The zero-order chi connectivity index (χ0) is 15.2. The number of ketones is 1. The van der Waals surface area contributed by atoms with Gasteiger partial charge < -0.3 is 10.2 Å². The Labute approximate surface area is 115 Å². The predicted molar refractivity (Wildman–Crippen MR) is 74.4 cm³/mol. The third-order valence-corrected chi connectivity index (χ3v) is 7.85. The van der Waals surface area contributed by atoms with Crippen molar-refractivity contribution in [2.45, 2.75) is 57.5 Å². The van der Waals surface area contributed by atoms with Crippen LogP contribution in [0.3, 0.4) is 0 Å². The van der Waals surface area contributed by atoms with Gasteiger partial charge in [-0.05, 0) is 11.5 Å². The maximum atomic E-state index is 11.7. The lowest BCUT2D eigenvalue weighted by molar-refractivity contribution is -0.152. The molecule has 0 heterocycles. The first kappa shape index (κ1) is 17.8. The molecule has 2 atom stereocenters. The summed E-state index contributed by atoms with van der Waals surface area (Å²) < 4.78 is 0. The van der Waals surface area contributed by atoms with Crippen molar-refractivity contribution in [3.05, 3.63) is 0 Å². The van der Waals surface area contributed by atoms with Gasteiger partial charge in [0.1, 0.15) is 0 Å². The first-order valence-electron chi connectivity index (χ1n) is 6.42. The van der Waals surface area contributed by atoms with Crippen LogP contribution in [0, 0.1) is 17.2 Å². The Hall–Kier alpha value is -1.19. The number of rotatable bonds is 8. The van der Waals surface area contributed by atoms with Crippen molar-refractivity contribution in [1.82, 2.24) is 0 Å². The van der Waals surface area contributed by atoms with E-state index in [9.17, 15) is 14.7 Å². The molecule has 0 aromatic carbocycles. The van der Waals surface area contributed by atoms with E-state index in [-0.39, 0.29) is 18.4 Å². The summed E-state index contributed by atoms with van der Waals surface area (Å²) in [4.78, 5) is 22.3. The molecule has 0 aliphatic heterocycles. The van der Waals surface area contributed by atoms with Gasteiger partial charge in [-0.1, -0.05) is 33.0 Å². The number of nitriles is 1. The number of hydrogen-bond donors (Lipinski definition) is 2. The molecular weight excluding hydrogens is 262 g/mol. The summed E-state index contributed by atoms with van der Waals surface area (Å²) in [5.41, 5.74) is -0.110. The zero-order valence-corrected chi connectivity index (χ0v) is 13.0. The molecular formula is C13H23NO4Si. The summed E-state index contributed by atoms with van der Waals surface area (Å²) in [6.07, 6.45) is -1.75.